The number of rotatable bonds is 3. The van der Waals surface area contributed by atoms with Crippen molar-refractivity contribution in [2.45, 2.75) is 0 Å². The normalized spacial score (nSPS) is 11.3. The van der Waals surface area contributed by atoms with Crippen molar-refractivity contribution in [2.75, 3.05) is 13.3 Å². The minimum absolute atomic E-state index is 0.604. The average molecular weight is 355 g/mol. The van der Waals surface area contributed by atoms with Crippen molar-refractivity contribution in [2.24, 2.45) is 0 Å². The van der Waals surface area contributed by atoms with Crippen molar-refractivity contribution in [3.63, 3.8) is 0 Å². The quantitative estimate of drug-likeness (QED) is 0.515. The summed E-state index contributed by atoms with van der Waals surface area (Å²) in [5.74, 6) is 0. The fraction of sp³-hybridized carbons (Fsp3) is 0.100. The smallest absolute Gasteiger partial charge is 0.142 e. The largest absolute Gasteiger partial charge is 0.748 e. The molecule has 0 atom stereocenters. The van der Waals surface area contributed by atoms with E-state index in [0.29, 0.717) is 10.7 Å². The van der Waals surface area contributed by atoms with Gasteiger partial charge in [0.15, 0.2) is 0 Å². The maximum absolute atomic E-state index is 9.08. The van der Waals surface area contributed by atoms with E-state index in [-0.39, 0.29) is 0 Å². The molecule has 0 unspecified atom stereocenters. The molecular weight excluding hydrogens is 334 g/mol. The van der Waals surface area contributed by atoms with E-state index in [1.807, 2.05) is 0 Å². The van der Waals surface area contributed by atoms with Crippen molar-refractivity contribution < 1.29 is 13.0 Å². The van der Waals surface area contributed by atoms with Crippen LogP contribution >= 0.6 is 0 Å². The van der Waals surface area contributed by atoms with E-state index in [4.69, 9.17) is 13.0 Å². The number of para-hydroxylation sites is 3. The number of nitrogens with zero attached hydrogens (tertiary/aromatic N) is 1. The zero-order valence-corrected chi connectivity index (χ0v) is 15.1. The lowest BCUT2D eigenvalue weighted by molar-refractivity contribution is 0.470. The summed E-state index contributed by atoms with van der Waals surface area (Å²) in [5.41, 5.74) is 3.76. The lowest BCUT2D eigenvalue weighted by atomic mass is 10.1. The monoisotopic (exact) mass is 355 g/mol. The molecule has 5 heteroatoms. The van der Waals surface area contributed by atoms with E-state index in [1.165, 1.54) is 17.1 Å². The molecule has 4 nitrogen and oxygen atoms in total. The number of hydrogen-bond acceptors (Lipinski definition) is 3. The molecule has 25 heavy (non-hydrogen) atoms. The van der Waals surface area contributed by atoms with E-state index >= 15 is 0 Å². The summed E-state index contributed by atoms with van der Waals surface area (Å²) >= 11 is 0. The Balaban J connectivity index is 0.000000399. The molecule has 0 spiro atoms. The van der Waals surface area contributed by atoms with Crippen LogP contribution in [-0.2, 0) is 10.1 Å². The van der Waals surface area contributed by atoms with E-state index in [0.717, 1.165) is 0 Å². The van der Waals surface area contributed by atoms with E-state index in [9.17, 15) is 0 Å². The summed E-state index contributed by atoms with van der Waals surface area (Å²) in [4.78, 5) is 0. The Morgan fingerprint density at radius 3 is 1.04 bits per heavy atom. The van der Waals surface area contributed by atoms with Crippen LogP contribution in [0.4, 0.5) is 17.1 Å². The first-order valence-corrected chi connectivity index (χ1v) is 9.57. The average Bonchev–Trinajstić information content (AvgIpc) is 2.62. The number of hydrogen-bond donors (Lipinski definition) is 0. The third-order valence-corrected chi connectivity index (χ3v) is 3.82. The Morgan fingerprint density at radius 2 is 0.840 bits per heavy atom. The molecule has 3 rings (SSSR count). The molecule has 0 radical (unpaired) electrons. The third kappa shape index (κ3) is 5.26. The Kier molecular flexibility index (Phi) is 6.09. The Bertz CT molecular complexity index is 775. The Hall–Kier alpha value is -2.47. The van der Waals surface area contributed by atoms with Crippen LogP contribution in [0.3, 0.4) is 0 Å². The van der Waals surface area contributed by atoms with Gasteiger partial charge in [0.1, 0.15) is 17.1 Å². The maximum Gasteiger partial charge on any atom is 0.142 e. The van der Waals surface area contributed by atoms with E-state index < -0.39 is 10.1 Å². The zero-order valence-electron chi connectivity index (χ0n) is 14.2. The summed E-state index contributed by atoms with van der Waals surface area (Å²) in [5, 5.41) is 0. The maximum atomic E-state index is 9.08. The number of quaternary nitrogens is 1. The predicted molar refractivity (Wildman–Crippen MR) is 102 cm³/mol. The van der Waals surface area contributed by atoms with Gasteiger partial charge >= 0.3 is 0 Å². The first kappa shape index (κ1) is 18.9. The predicted octanol–water partition coefficient (Wildman–Crippen LogP) is 4.45. The zero-order chi connectivity index (χ0) is 18.3. The molecule has 0 amide bonds. The van der Waals surface area contributed by atoms with Gasteiger partial charge in [-0.25, -0.2) is 12.9 Å². The fourth-order valence-corrected chi connectivity index (χ4v) is 2.63. The molecule has 0 saturated carbocycles. The van der Waals surface area contributed by atoms with Crippen LogP contribution in [0.1, 0.15) is 0 Å². The van der Waals surface area contributed by atoms with E-state index in [2.05, 4.69) is 98.0 Å². The summed E-state index contributed by atoms with van der Waals surface area (Å²) < 4.78 is 27.9. The first-order valence-electron chi connectivity index (χ1n) is 7.76. The SMILES string of the molecule is CS(=O)(=O)[O-].C[N+](c1ccccc1)(c1ccccc1)c1ccccc1. The van der Waals surface area contributed by atoms with E-state index in [1.54, 1.807) is 0 Å². The van der Waals surface area contributed by atoms with Gasteiger partial charge in [0.05, 0.1) is 17.2 Å². The van der Waals surface area contributed by atoms with Crippen molar-refractivity contribution in [1.29, 1.82) is 0 Å². The molecule has 130 valence electrons. The van der Waals surface area contributed by atoms with Crippen LogP contribution in [0.15, 0.2) is 91.0 Å². The highest BCUT2D eigenvalue weighted by atomic mass is 32.2. The highest BCUT2D eigenvalue weighted by Crippen LogP contribution is 2.41. The van der Waals surface area contributed by atoms with Crippen LogP contribution in [0.25, 0.3) is 0 Å². The summed E-state index contributed by atoms with van der Waals surface area (Å²) in [6, 6.07) is 31.8. The second kappa shape index (κ2) is 8.07. The van der Waals surface area contributed by atoms with Crippen LogP contribution in [0.2, 0.25) is 0 Å². The van der Waals surface area contributed by atoms with Crippen LogP contribution < -0.4 is 4.48 Å². The standard InChI is InChI=1S/C19H18N.CH4O3S/c1-20(17-11-5-2-6-12-17,18-13-7-3-8-14-18)19-15-9-4-10-16-19;1-5(2,3)4/h2-16H,1H3;1H3,(H,2,3,4)/q+1;/p-1. The summed E-state index contributed by atoms with van der Waals surface area (Å²) in [7, 11) is -1.68. The van der Waals surface area contributed by atoms with Gasteiger partial charge in [-0.3, -0.25) is 0 Å². The molecule has 0 saturated heterocycles. The molecule has 0 heterocycles. The Morgan fingerprint density at radius 1 is 0.640 bits per heavy atom. The highest BCUT2D eigenvalue weighted by molar-refractivity contribution is 7.84. The molecule has 3 aromatic carbocycles. The summed E-state index contributed by atoms with van der Waals surface area (Å²) in [6.07, 6.45) is 0.604. The number of benzene rings is 3. The van der Waals surface area contributed by atoms with Crippen molar-refractivity contribution in [3.8, 4) is 0 Å². The van der Waals surface area contributed by atoms with Gasteiger partial charge in [0, 0.05) is 6.26 Å². The first-order chi connectivity index (χ1) is 11.8. The van der Waals surface area contributed by atoms with Gasteiger partial charge in [-0.15, -0.1) is 0 Å². The van der Waals surface area contributed by atoms with Crippen molar-refractivity contribution in [1.82, 2.24) is 4.48 Å². The van der Waals surface area contributed by atoms with Gasteiger partial charge in [0.2, 0.25) is 0 Å². The molecule has 0 aliphatic heterocycles. The lowest BCUT2D eigenvalue weighted by Gasteiger charge is -2.33. The van der Waals surface area contributed by atoms with Crippen LogP contribution in [0.5, 0.6) is 0 Å². The van der Waals surface area contributed by atoms with Crippen molar-refractivity contribution >= 4 is 27.2 Å². The van der Waals surface area contributed by atoms with Gasteiger partial charge in [-0.1, -0.05) is 54.6 Å². The minimum atomic E-state index is -3.92. The van der Waals surface area contributed by atoms with Gasteiger partial charge in [-0.05, 0) is 36.4 Å². The molecule has 0 N–H and O–H groups in total. The second-order valence-corrected chi connectivity index (χ2v) is 7.13. The molecule has 0 aliphatic rings. The third-order valence-electron chi connectivity index (χ3n) is 3.82. The Labute approximate surface area is 149 Å². The summed E-state index contributed by atoms with van der Waals surface area (Å²) in [6.45, 7) is 0. The van der Waals surface area contributed by atoms with Crippen LogP contribution in [-0.4, -0.2) is 26.3 Å². The molecule has 0 fully saturated rings. The van der Waals surface area contributed by atoms with Gasteiger partial charge in [0.25, 0.3) is 0 Å². The molecule has 3 aromatic rings. The molecule has 0 aliphatic carbocycles. The topological polar surface area (TPSA) is 57.2 Å². The van der Waals surface area contributed by atoms with Crippen LogP contribution in [0, 0.1) is 0 Å². The van der Waals surface area contributed by atoms with Gasteiger partial charge < -0.3 is 4.55 Å². The minimum Gasteiger partial charge on any atom is -0.748 e. The second-order valence-electron chi connectivity index (χ2n) is 5.72. The molecular formula is C20H21NO3S. The molecule has 0 aromatic heterocycles. The highest BCUT2D eigenvalue weighted by Gasteiger charge is 2.30. The van der Waals surface area contributed by atoms with Crippen molar-refractivity contribution in [3.05, 3.63) is 91.0 Å². The molecule has 0 bridgehead atoms. The lowest BCUT2D eigenvalue weighted by Crippen LogP contribution is -2.33. The van der Waals surface area contributed by atoms with Gasteiger partial charge in [-0.2, -0.15) is 0 Å². The fourth-order valence-electron chi connectivity index (χ4n) is 2.63.